The lowest BCUT2D eigenvalue weighted by Crippen LogP contribution is -2.48. The molecule has 1 aliphatic rings. The molecule has 0 aliphatic carbocycles. The summed E-state index contributed by atoms with van der Waals surface area (Å²) >= 11 is 0. The Morgan fingerprint density at radius 2 is 2.39 bits per heavy atom. The van der Waals surface area contributed by atoms with Gasteiger partial charge in [-0.25, -0.2) is 18.1 Å². The maximum absolute atomic E-state index is 11.8. The van der Waals surface area contributed by atoms with Crippen molar-refractivity contribution < 1.29 is 13.2 Å². The van der Waals surface area contributed by atoms with Crippen molar-refractivity contribution in [3.05, 3.63) is 6.33 Å². The first-order valence-electron chi connectivity index (χ1n) is 5.44. The average molecular weight is 273 g/mol. The Morgan fingerprint density at radius 3 is 2.89 bits per heavy atom. The maximum atomic E-state index is 11.8. The van der Waals surface area contributed by atoms with Gasteiger partial charge < -0.3 is 11.1 Å². The monoisotopic (exact) mass is 273 g/mol. The highest BCUT2D eigenvalue weighted by atomic mass is 32.2. The van der Waals surface area contributed by atoms with Crippen LogP contribution in [-0.4, -0.2) is 46.1 Å². The molecule has 1 unspecified atom stereocenters. The number of nitrogens with zero attached hydrogens (tertiary/aromatic N) is 3. The molecule has 0 spiro atoms. The van der Waals surface area contributed by atoms with Gasteiger partial charge in [0.25, 0.3) is 0 Å². The Bertz CT molecular complexity index is 567. The molecule has 0 saturated carbocycles. The van der Waals surface area contributed by atoms with E-state index >= 15 is 0 Å². The van der Waals surface area contributed by atoms with Gasteiger partial charge >= 0.3 is 0 Å². The van der Waals surface area contributed by atoms with E-state index in [1.807, 2.05) is 0 Å². The van der Waals surface area contributed by atoms with Gasteiger partial charge in [0.2, 0.25) is 11.9 Å². The van der Waals surface area contributed by atoms with Crippen LogP contribution < -0.4 is 11.1 Å². The lowest BCUT2D eigenvalue weighted by atomic mass is 10.0. The minimum absolute atomic E-state index is 0.0226. The minimum atomic E-state index is -3.04. The van der Waals surface area contributed by atoms with Gasteiger partial charge in [0, 0.05) is 0 Å². The Kier molecular flexibility index (Phi) is 3.01. The number of carbonyl (C=O) groups excluding carboxylic acids is 1. The molecule has 2 heterocycles. The van der Waals surface area contributed by atoms with Gasteiger partial charge in [-0.1, -0.05) is 0 Å². The molecule has 1 aromatic rings. The predicted octanol–water partition coefficient (Wildman–Crippen LogP) is -1.45. The van der Waals surface area contributed by atoms with Gasteiger partial charge in [-0.05, 0) is 13.3 Å². The summed E-state index contributed by atoms with van der Waals surface area (Å²) in [5.41, 5.74) is 4.63. The molecule has 1 fully saturated rings. The summed E-state index contributed by atoms with van der Waals surface area (Å²) in [4.78, 5) is 15.5. The second kappa shape index (κ2) is 4.23. The normalized spacial score (nSPS) is 26.1. The Balaban J connectivity index is 1.96. The minimum Gasteiger partial charge on any atom is -0.367 e. The first kappa shape index (κ1) is 12.8. The maximum Gasteiger partial charge on any atom is 0.242 e. The third-order valence-corrected chi connectivity index (χ3v) is 4.71. The van der Waals surface area contributed by atoms with Crippen LogP contribution in [0.2, 0.25) is 0 Å². The van der Waals surface area contributed by atoms with E-state index in [4.69, 9.17) is 5.73 Å². The van der Waals surface area contributed by atoms with Crippen molar-refractivity contribution in [1.82, 2.24) is 20.1 Å². The van der Waals surface area contributed by atoms with Crippen LogP contribution in [0, 0.1) is 0 Å². The zero-order valence-corrected chi connectivity index (χ0v) is 10.8. The summed E-state index contributed by atoms with van der Waals surface area (Å²) in [7, 11) is -3.04. The number of nitrogens with two attached hydrogens (primary N) is 1. The predicted molar refractivity (Wildman–Crippen MR) is 64.3 cm³/mol. The van der Waals surface area contributed by atoms with Crippen LogP contribution >= 0.6 is 0 Å². The molecular weight excluding hydrogens is 258 g/mol. The Labute approximate surface area is 104 Å². The second-order valence-electron chi connectivity index (χ2n) is 4.75. The van der Waals surface area contributed by atoms with E-state index in [1.165, 1.54) is 11.0 Å². The number of hydrogen-bond donors (Lipinski definition) is 2. The molecule has 1 aliphatic heterocycles. The van der Waals surface area contributed by atoms with Gasteiger partial charge in [0.15, 0.2) is 9.84 Å². The number of amides is 1. The highest BCUT2D eigenvalue weighted by Gasteiger charge is 2.39. The summed E-state index contributed by atoms with van der Waals surface area (Å²) in [6.45, 7) is 1.70. The molecule has 9 heteroatoms. The SMILES string of the molecule is CC1(NC(=O)Cn2cnc(N)n2)CCS(=O)(=O)C1. The molecule has 1 saturated heterocycles. The Hall–Kier alpha value is -1.64. The summed E-state index contributed by atoms with van der Waals surface area (Å²) in [6.07, 6.45) is 1.78. The van der Waals surface area contributed by atoms with E-state index in [1.54, 1.807) is 6.92 Å². The summed E-state index contributed by atoms with van der Waals surface area (Å²) in [6, 6.07) is 0. The first-order valence-corrected chi connectivity index (χ1v) is 7.27. The molecule has 18 heavy (non-hydrogen) atoms. The van der Waals surface area contributed by atoms with Gasteiger partial charge in [-0.15, -0.1) is 5.10 Å². The fourth-order valence-corrected chi connectivity index (χ4v) is 4.11. The molecule has 1 atom stereocenters. The van der Waals surface area contributed by atoms with Crippen molar-refractivity contribution in [2.24, 2.45) is 0 Å². The summed E-state index contributed by atoms with van der Waals surface area (Å²) in [5.74, 6) is -0.123. The number of rotatable bonds is 3. The van der Waals surface area contributed by atoms with Gasteiger partial charge in [0.05, 0.1) is 17.0 Å². The number of carbonyl (C=O) groups is 1. The molecule has 0 radical (unpaired) electrons. The smallest absolute Gasteiger partial charge is 0.242 e. The molecule has 2 rings (SSSR count). The van der Waals surface area contributed by atoms with Crippen molar-refractivity contribution in [3.8, 4) is 0 Å². The molecule has 8 nitrogen and oxygen atoms in total. The number of hydrogen-bond acceptors (Lipinski definition) is 6. The Morgan fingerprint density at radius 1 is 1.67 bits per heavy atom. The topological polar surface area (TPSA) is 120 Å². The van der Waals surface area contributed by atoms with Crippen molar-refractivity contribution in [2.45, 2.75) is 25.4 Å². The highest BCUT2D eigenvalue weighted by molar-refractivity contribution is 7.91. The lowest BCUT2D eigenvalue weighted by molar-refractivity contribution is -0.123. The van der Waals surface area contributed by atoms with Crippen LogP contribution in [0.15, 0.2) is 6.33 Å². The van der Waals surface area contributed by atoms with Crippen molar-refractivity contribution in [1.29, 1.82) is 0 Å². The zero-order valence-electron chi connectivity index (χ0n) is 9.96. The summed E-state index contributed by atoms with van der Waals surface area (Å²) < 4.78 is 24.1. The molecule has 0 bridgehead atoms. The quantitative estimate of drug-likeness (QED) is 0.695. The van der Waals surface area contributed by atoms with Crippen molar-refractivity contribution in [2.75, 3.05) is 17.2 Å². The van der Waals surface area contributed by atoms with Crippen LogP contribution in [0.25, 0.3) is 0 Å². The van der Waals surface area contributed by atoms with E-state index in [-0.39, 0.29) is 29.9 Å². The fraction of sp³-hybridized carbons (Fsp3) is 0.667. The number of aromatic nitrogens is 3. The lowest BCUT2D eigenvalue weighted by Gasteiger charge is -2.23. The average Bonchev–Trinajstić information content (AvgIpc) is 2.70. The largest absolute Gasteiger partial charge is 0.367 e. The standard InChI is InChI=1S/C9H15N5O3S/c1-9(2-3-18(16,17)5-9)12-7(15)4-14-6-11-8(10)13-14/h6H,2-5H2,1H3,(H2,10,13)(H,12,15). The molecule has 1 aromatic heterocycles. The molecular formula is C9H15N5O3S. The molecule has 100 valence electrons. The van der Waals surface area contributed by atoms with E-state index in [9.17, 15) is 13.2 Å². The molecule has 3 N–H and O–H groups in total. The van der Waals surface area contributed by atoms with E-state index in [0.29, 0.717) is 6.42 Å². The number of nitrogen functional groups attached to an aromatic ring is 1. The molecule has 0 aromatic carbocycles. The van der Waals surface area contributed by atoms with Crippen LogP contribution in [0.4, 0.5) is 5.95 Å². The van der Waals surface area contributed by atoms with E-state index in [0.717, 1.165) is 0 Å². The summed E-state index contributed by atoms with van der Waals surface area (Å²) in [5, 5.41) is 6.50. The van der Waals surface area contributed by atoms with Crippen LogP contribution in [-0.2, 0) is 21.2 Å². The van der Waals surface area contributed by atoms with E-state index in [2.05, 4.69) is 15.4 Å². The number of sulfone groups is 1. The van der Waals surface area contributed by atoms with Crippen LogP contribution in [0.5, 0.6) is 0 Å². The van der Waals surface area contributed by atoms with Crippen LogP contribution in [0.1, 0.15) is 13.3 Å². The number of nitrogens with one attached hydrogen (secondary N) is 1. The fourth-order valence-electron chi connectivity index (χ4n) is 2.02. The number of anilines is 1. The van der Waals surface area contributed by atoms with Gasteiger partial charge in [-0.3, -0.25) is 4.79 Å². The third kappa shape index (κ3) is 2.97. The zero-order chi connectivity index (χ0) is 13.4. The van der Waals surface area contributed by atoms with Gasteiger partial charge in [-0.2, -0.15) is 0 Å². The van der Waals surface area contributed by atoms with Gasteiger partial charge in [0.1, 0.15) is 12.9 Å². The third-order valence-electron chi connectivity index (χ3n) is 2.80. The molecule has 1 amide bonds. The highest BCUT2D eigenvalue weighted by Crippen LogP contribution is 2.22. The second-order valence-corrected chi connectivity index (χ2v) is 6.94. The van der Waals surface area contributed by atoms with Crippen molar-refractivity contribution >= 4 is 21.7 Å². The van der Waals surface area contributed by atoms with E-state index < -0.39 is 15.4 Å². The first-order chi connectivity index (χ1) is 8.28. The van der Waals surface area contributed by atoms with Crippen LogP contribution in [0.3, 0.4) is 0 Å². The van der Waals surface area contributed by atoms with Crippen molar-refractivity contribution in [3.63, 3.8) is 0 Å².